The number of thiazole rings is 1. The van der Waals surface area contributed by atoms with Gasteiger partial charge in [-0.15, -0.1) is 11.3 Å². The zero-order valence-corrected chi connectivity index (χ0v) is 23.4. The molecule has 0 aliphatic rings. The number of hydrogen-bond acceptors (Lipinski definition) is 6. The fraction of sp³-hybridized carbons (Fsp3) is 0.0571. The molecular formula is C35H27N3O3S. The van der Waals surface area contributed by atoms with Crippen LogP contribution >= 0.6 is 11.3 Å². The third kappa shape index (κ3) is 5.38. The number of hydrogen-bond donors (Lipinski definition) is 2. The molecule has 5 aromatic carbocycles. The monoisotopic (exact) mass is 569 g/mol. The number of nitrogens with one attached hydrogen (secondary N) is 1. The number of carboxylic acids is 1. The molecule has 6 nitrogen and oxygen atoms in total. The largest absolute Gasteiger partial charge is 0.476 e. The quantitative estimate of drug-likeness (QED) is 0.100. The van der Waals surface area contributed by atoms with E-state index in [2.05, 4.69) is 51.9 Å². The van der Waals surface area contributed by atoms with E-state index in [1.54, 1.807) is 5.38 Å². The number of carboxylic acid groups (broad SMARTS) is 1. The summed E-state index contributed by atoms with van der Waals surface area (Å²) < 4.78 is 0. The van der Waals surface area contributed by atoms with Crippen LogP contribution in [0.25, 0.3) is 10.8 Å². The van der Waals surface area contributed by atoms with Gasteiger partial charge < -0.3 is 15.3 Å². The highest BCUT2D eigenvalue weighted by atomic mass is 32.1. The minimum atomic E-state index is -1.22. The van der Waals surface area contributed by atoms with E-state index in [4.69, 9.17) is 4.84 Å². The number of aromatic nitrogens is 1. The van der Waals surface area contributed by atoms with Gasteiger partial charge in [-0.2, -0.15) is 0 Å². The predicted octanol–water partition coefficient (Wildman–Crippen LogP) is 7.71. The average molecular weight is 570 g/mol. The lowest BCUT2D eigenvalue weighted by molar-refractivity contribution is -0.129. The molecule has 7 heteroatoms. The van der Waals surface area contributed by atoms with E-state index in [-0.39, 0.29) is 18.0 Å². The molecule has 0 saturated carbocycles. The van der Waals surface area contributed by atoms with Crippen LogP contribution in [0.2, 0.25) is 0 Å². The molecule has 2 N–H and O–H groups in total. The highest BCUT2D eigenvalue weighted by molar-refractivity contribution is 7.14. The minimum Gasteiger partial charge on any atom is -0.476 e. The van der Waals surface area contributed by atoms with Crippen LogP contribution in [0.3, 0.4) is 0 Å². The summed E-state index contributed by atoms with van der Waals surface area (Å²) in [4.78, 5) is 22.5. The summed E-state index contributed by atoms with van der Waals surface area (Å²) in [6, 6.07) is 44.3. The molecule has 0 radical (unpaired) electrons. The van der Waals surface area contributed by atoms with Gasteiger partial charge in [0.05, 0.1) is 0 Å². The second-order valence-electron chi connectivity index (χ2n) is 9.67. The van der Waals surface area contributed by atoms with E-state index in [9.17, 15) is 9.90 Å². The molecule has 0 unspecified atom stereocenters. The Morgan fingerprint density at radius 3 is 1.90 bits per heavy atom. The first-order valence-corrected chi connectivity index (χ1v) is 14.3. The first-order chi connectivity index (χ1) is 20.6. The summed E-state index contributed by atoms with van der Waals surface area (Å²) in [5.41, 5.74) is 3.14. The maximum atomic E-state index is 12.2. The predicted molar refractivity (Wildman–Crippen MR) is 168 cm³/mol. The molecule has 0 aliphatic heterocycles. The van der Waals surface area contributed by atoms with Gasteiger partial charge in [-0.3, -0.25) is 0 Å². The zero-order chi connectivity index (χ0) is 28.8. The number of anilines is 1. The molecule has 206 valence electrons. The van der Waals surface area contributed by atoms with Crippen molar-refractivity contribution in [1.82, 2.24) is 4.98 Å². The fourth-order valence-electron chi connectivity index (χ4n) is 5.16. The normalized spacial score (nSPS) is 11.8. The number of rotatable bonds is 10. The van der Waals surface area contributed by atoms with Crippen molar-refractivity contribution in [2.45, 2.75) is 12.1 Å². The number of aliphatic carboxylic acids is 1. The number of nitrogens with zero attached hydrogens (tertiary/aromatic N) is 2. The lowest BCUT2D eigenvalue weighted by Crippen LogP contribution is -2.38. The van der Waals surface area contributed by atoms with E-state index in [1.165, 1.54) is 11.3 Å². The SMILES string of the molecule is O=C(O)C(=NOCc1cccc2ccccc12)c1csc(NC(c2ccccc2)(c2ccccc2)c2ccccc2)n1. The summed E-state index contributed by atoms with van der Waals surface area (Å²) in [6.45, 7) is 0.131. The Balaban J connectivity index is 1.35. The van der Waals surface area contributed by atoms with Crippen molar-refractivity contribution in [3.05, 3.63) is 167 Å². The van der Waals surface area contributed by atoms with Crippen molar-refractivity contribution in [2.24, 2.45) is 5.16 Å². The maximum absolute atomic E-state index is 12.2. The van der Waals surface area contributed by atoms with E-state index in [0.29, 0.717) is 5.13 Å². The molecule has 6 aromatic rings. The third-order valence-electron chi connectivity index (χ3n) is 7.12. The van der Waals surface area contributed by atoms with Gasteiger partial charge in [0.25, 0.3) is 0 Å². The van der Waals surface area contributed by atoms with Gasteiger partial charge in [0.15, 0.2) is 5.13 Å². The van der Waals surface area contributed by atoms with Crippen LogP contribution in [-0.4, -0.2) is 21.8 Å². The van der Waals surface area contributed by atoms with Crippen molar-refractivity contribution < 1.29 is 14.7 Å². The summed E-state index contributed by atoms with van der Waals surface area (Å²) >= 11 is 1.32. The molecule has 0 spiro atoms. The summed E-state index contributed by atoms with van der Waals surface area (Å²) in [6.07, 6.45) is 0. The second-order valence-corrected chi connectivity index (χ2v) is 10.5. The van der Waals surface area contributed by atoms with Gasteiger partial charge in [-0.25, -0.2) is 9.78 Å². The van der Waals surface area contributed by atoms with Crippen molar-refractivity contribution in [3.63, 3.8) is 0 Å². The Morgan fingerprint density at radius 1 is 0.762 bits per heavy atom. The van der Waals surface area contributed by atoms with Gasteiger partial charge in [-0.1, -0.05) is 139 Å². The molecular weight excluding hydrogens is 542 g/mol. The van der Waals surface area contributed by atoms with Crippen molar-refractivity contribution in [3.8, 4) is 0 Å². The van der Waals surface area contributed by atoms with Crippen LogP contribution in [0, 0.1) is 0 Å². The number of fused-ring (bicyclic) bond motifs is 1. The number of benzene rings is 5. The van der Waals surface area contributed by atoms with Crippen LogP contribution in [0.5, 0.6) is 0 Å². The molecule has 0 atom stereocenters. The van der Waals surface area contributed by atoms with Gasteiger partial charge in [0, 0.05) is 5.38 Å². The fourth-order valence-corrected chi connectivity index (χ4v) is 5.91. The lowest BCUT2D eigenvalue weighted by atomic mass is 9.77. The minimum absolute atomic E-state index is 0.131. The third-order valence-corrected chi connectivity index (χ3v) is 7.88. The molecule has 0 aliphatic carbocycles. The van der Waals surface area contributed by atoms with Crippen LogP contribution in [0.1, 0.15) is 27.9 Å². The van der Waals surface area contributed by atoms with Crippen molar-refractivity contribution in [1.29, 1.82) is 0 Å². The molecule has 1 heterocycles. The topological polar surface area (TPSA) is 83.8 Å². The van der Waals surface area contributed by atoms with Crippen LogP contribution in [-0.2, 0) is 21.8 Å². The molecule has 0 saturated heterocycles. The molecule has 6 rings (SSSR count). The highest BCUT2D eigenvalue weighted by Gasteiger charge is 2.37. The lowest BCUT2D eigenvalue weighted by Gasteiger charge is -2.36. The maximum Gasteiger partial charge on any atom is 0.360 e. The summed E-state index contributed by atoms with van der Waals surface area (Å²) in [5, 5.41) is 22.0. The highest BCUT2D eigenvalue weighted by Crippen LogP contribution is 2.40. The standard InChI is InChI=1S/C35H27N3O3S/c39-33(40)32(38-41-23-26-15-12-14-25-13-10-11-22-30(25)26)31-24-42-34(36-31)37-35(27-16-4-1-5-17-27,28-18-6-2-7-19-28)29-20-8-3-9-21-29/h1-22,24H,23H2,(H,36,37)(H,39,40). The van der Waals surface area contributed by atoms with Gasteiger partial charge in [0.1, 0.15) is 17.8 Å². The van der Waals surface area contributed by atoms with E-state index >= 15 is 0 Å². The molecule has 0 bridgehead atoms. The van der Waals surface area contributed by atoms with E-state index in [0.717, 1.165) is 33.0 Å². The molecule has 42 heavy (non-hydrogen) atoms. The first-order valence-electron chi connectivity index (χ1n) is 13.5. The Hall–Kier alpha value is -5.27. The second kappa shape index (κ2) is 12.1. The van der Waals surface area contributed by atoms with Gasteiger partial charge >= 0.3 is 5.97 Å². The molecule has 1 aromatic heterocycles. The summed E-state index contributed by atoms with van der Waals surface area (Å²) in [7, 11) is 0. The van der Waals surface area contributed by atoms with E-state index < -0.39 is 11.5 Å². The van der Waals surface area contributed by atoms with Crippen molar-refractivity contribution in [2.75, 3.05) is 5.32 Å². The van der Waals surface area contributed by atoms with Crippen LogP contribution in [0.15, 0.2) is 144 Å². The van der Waals surface area contributed by atoms with Gasteiger partial charge in [0.2, 0.25) is 5.71 Å². The Labute approximate surface area is 247 Å². The van der Waals surface area contributed by atoms with Crippen molar-refractivity contribution >= 4 is 38.9 Å². The first kappa shape index (κ1) is 26.9. The van der Waals surface area contributed by atoms with E-state index in [1.807, 2.05) is 97.1 Å². The number of oxime groups is 1. The average Bonchev–Trinajstić information content (AvgIpc) is 3.51. The number of carbonyl (C=O) groups is 1. The van der Waals surface area contributed by atoms with Crippen LogP contribution in [0.4, 0.5) is 5.13 Å². The Morgan fingerprint density at radius 2 is 1.31 bits per heavy atom. The smallest absolute Gasteiger partial charge is 0.360 e. The zero-order valence-electron chi connectivity index (χ0n) is 22.6. The summed E-state index contributed by atoms with van der Waals surface area (Å²) in [5.74, 6) is -1.22. The molecule has 0 fully saturated rings. The van der Waals surface area contributed by atoms with Crippen LogP contribution < -0.4 is 5.32 Å². The Bertz CT molecular complexity index is 1740. The Kier molecular flexibility index (Phi) is 7.74. The molecule has 0 amide bonds. The van der Waals surface area contributed by atoms with Gasteiger partial charge in [-0.05, 0) is 33.0 Å².